The van der Waals surface area contributed by atoms with E-state index in [-0.39, 0.29) is 12.5 Å². The number of carbonyl (C=O) groups is 1. The number of nitrogens with zero attached hydrogens (tertiary/aromatic N) is 1. The van der Waals surface area contributed by atoms with E-state index in [1.165, 1.54) is 5.56 Å². The summed E-state index contributed by atoms with van der Waals surface area (Å²) in [6.45, 7) is 1.96. The van der Waals surface area contributed by atoms with Crippen LogP contribution >= 0.6 is 0 Å². The SMILES string of the molecule is CCc1ccc(/C=N\OCC(=O)Nc2ccc(OC)cc2)cc1. The van der Waals surface area contributed by atoms with Gasteiger partial charge in [-0.3, -0.25) is 4.79 Å². The fraction of sp³-hybridized carbons (Fsp3) is 0.222. The first-order valence-corrected chi connectivity index (χ1v) is 7.39. The van der Waals surface area contributed by atoms with Crippen molar-refractivity contribution in [1.29, 1.82) is 0 Å². The zero-order valence-electron chi connectivity index (χ0n) is 13.3. The van der Waals surface area contributed by atoms with E-state index in [2.05, 4.69) is 17.4 Å². The number of methoxy groups -OCH3 is 1. The molecule has 120 valence electrons. The first kappa shape index (κ1) is 16.5. The van der Waals surface area contributed by atoms with Crippen LogP contribution in [-0.2, 0) is 16.1 Å². The molecule has 0 fully saturated rings. The number of hydrogen-bond acceptors (Lipinski definition) is 4. The lowest BCUT2D eigenvalue weighted by atomic mass is 10.1. The van der Waals surface area contributed by atoms with E-state index in [9.17, 15) is 4.79 Å². The third-order valence-electron chi connectivity index (χ3n) is 3.23. The smallest absolute Gasteiger partial charge is 0.265 e. The molecule has 0 saturated carbocycles. The Morgan fingerprint density at radius 3 is 2.43 bits per heavy atom. The maximum absolute atomic E-state index is 11.7. The molecule has 2 aromatic carbocycles. The van der Waals surface area contributed by atoms with Crippen molar-refractivity contribution in [2.75, 3.05) is 19.0 Å². The number of carbonyl (C=O) groups excluding carboxylic acids is 1. The highest BCUT2D eigenvalue weighted by Gasteiger charge is 2.02. The number of aryl methyl sites for hydroxylation is 1. The van der Waals surface area contributed by atoms with Crippen LogP contribution in [0.15, 0.2) is 53.7 Å². The van der Waals surface area contributed by atoms with Crippen molar-refractivity contribution >= 4 is 17.8 Å². The van der Waals surface area contributed by atoms with E-state index >= 15 is 0 Å². The van der Waals surface area contributed by atoms with Gasteiger partial charge in [-0.2, -0.15) is 0 Å². The maximum atomic E-state index is 11.7. The standard InChI is InChI=1S/C18H20N2O3/c1-3-14-4-6-15(7-5-14)12-19-23-13-18(21)20-16-8-10-17(22-2)11-9-16/h4-12H,3,13H2,1-2H3,(H,20,21)/b19-12-. The van der Waals surface area contributed by atoms with Crippen LogP contribution in [0, 0.1) is 0 Å². The van der Waals surface area contributed by atoms with Gasteiger partial charge in [-0.25, -0.2) is 0 Å². The molecule has 5 heteroatoms. The zero-order valence-corrected chi connectivity index (χ0v) is 13.3. The van der Waals surface area contributed by atoms with Crippen LogP contribution in [0.5, 0.6) is 5.75 Å². The minimum atomic E-state index is -0.270. The Bertz CT molecular complexity index is 649. The molecular formula is C18H20N2O3. The number of oxime groups is 1. The number of hydrogen-bond donors (Lipinski definition) is 1. The summed E-state index contributed by atoms with van der Waals surface area (Å²) in [5, 5.41) is 6.51. The molecule has 0 bridgehead atoms. The van der Waals surface area contributed by atoms with Crippen molar-refractivity contribution in [3.8, 4) is 5.75 Å². The largest absolute Gasteiger partial charge is 0.497 e. The van der Waals surface area contributed by atoms with Gasteiger partial charge in [0.15, 0.2) is 6.61 Å². The molecule has 5 nitrogen and oxygen atoms in total. The summed E-state index contributed by atoms with van der Waals surface area (Å²) >= 11 is 0. The number of amides is 1. The fourth-order valence-electron chi connectivity index (χ4n) is 1.90. The van der Waals surface area contributed by atoms with Gasteiger partial charge in [0.1, 0.15) is 5.75 Å². The van der Waals surface area contributed by atoms with E-state index < -0.39 is 0 Å². The molecule has 23 heavy (non-hydrogen) atoms. The minimum Gasteiger partial charge on any atom is -0.497 e. The summed E-state index contributed by atoms with van der Waals surface area (Å²) in [4.78, 5) is 16.7. The first-order chi connectivity index (χ1) is 11.2. The number of nitrogens with one attached hydrogen (secondary N) is 1. The predicted molar refractivity (Wildman–Crippen MR) is 91.0 cm³/mol. The average molecular weight is 312 g/mol. The van der Waals surface area contributed by atoms with Gasteiger partial charge in [-0.05, 0) is 41.8 Å². The van der Waals surface area contributed by atoms with E-state index in [1.54, 1.807) is 37.6 Å². The zero-order chi connectivity index (χ0) is 16.5. The second-order valence-electron chi connectivity index (χ2n) is 4.88. The third-order valence-corrected chi connectivity index (χ3v) is 3.23. The van der Waals surface area contributed by atoms with E-state index in [0.717, 1.165) is 17.7 Å². The van der Waals surface area contributed by atoms with Crippen molar-refractivity contribution in [1.82, 2.24) is 0 Å². The number of benzene rings is 2. The van der Waals surface area contributed by atoms with Gasteiger partial charge in [-0.1, -0.05) is 36.3 Å². The Balaban J connectivity index is 1.75. The van der Waals surface area contributed by atoms with Gasteiger partial charge in [0.25, 0.3) is 5.91 Å². The third kappa shape index (κ3) is 5.47. The highest BCUT2D eigenvalue weighted by molar-refractivity contribution is 5.91. The van der Waals surface area contributed by atoms with Crippen molar-refractivity contribution in [2.24, 2.45) is 5.16 Å². The molecule has 0 radical (unpaired) electrons. The molecule has 0 aliphatic rings. The van der Waals surface area contributed by atoms with Gasteiger partial charge < -0.3 is 14.9 Å². The van der Waals surface area contributed by atoms with E-state index in [1.807, 2.05) is 24.3 Å². The molecule has 0 aliphatic heterocycles. The average Bonchev–Trinajstić information content (AvgIpc) is 2.60. The molecule has 0 atom stereocenters. The lowest BCUT2D eigenvalue weighted by Crippen LogP contribution is -2.16. The molecule has 1 N–H and O–H groups in total. The predicted octanol–water partition coefficient (Wildman–Crippen LogP) is 3.25. The monoisotopic (exact) mass is 312 g/mol. The summed E-state index contributed by atoms with van der Waals surface area (Å²) in [6, 6.07) is 15.1. The van der Waals surface area contributed by atoms with Crippen LogP contribution in [0.3, 0.4) is 0 Å². The molecule has 0 spiro atoms. The van der Waals surface area contributed by atoms with Gasteiger partial charge in [-0.15, -0.1) is 0 Å². The van der Waals surface area contributed by atoms with Crippen LogP contribution in [0.1, 0.15) is 18.1 Å². The molecule has 2 rings (SSSR count). The Morgan fingerprint density at radius 1 is 1.13 bits per heavy atom. The van der Waals surface area contributed by atoms with Gasteiger partial charge >= 0.3 is 0 Å². The van der Waals surface area contributed by atoms with Crippen molar-refractivity contribution < 1.29 is 14.4 Å². The summed E-state index contributed by atoms with van der Waals surface area (Å²) in [5.74, 6) is 0.464. The summed E-state index contributed by atoms with van der Waals surface area (Å²) < 4.78 is 5.05. The summed E-state index contributed by atoms with van der Waals surface area (Å²) in [7, 11) is 1.59. The molecule has 0 aliphatic carbocycles. The summed E-state index contributed by atoms with van der Waals surface area (Å²) in [5.41, 5.74) is 2.87. The minimum absolute atomic E-state index is 0.143. The number of rotatable bonds is 7. The van der Waals surface area contributed by atoms with E-state index in [0.29, 0.717) is 5.69 Å². The van der Waals surface area contributed by atoms with Gasteiger partial charge in [0, 0.05) is 5.69 Å². The molecule has 0 saturated heterocycles. The Hall–Kier alpha value is -2.82. The molecule has 1 amide bonds. The normalized spacial score (nSPS) is 10.5. The molecule has 0 heterocycles. The Labute approximate surface area is 135 Å². The second-order valence-corrected chi connectivity index (χ2v) is 4.88. The topological polar surface area (TPSA) is 59.9 Å². The quantitative estimate of drug-likeness (QED) is 0.630. The maximum Gasteiger partial charge on any atom is 0.265 e. The van der Waals surface area contributed by atoms with Crippen LogP contribution in [0.25, 0.3) is 0 Å². The molecule has 0 aromatic heterocycles. The number of anilines is 1. The van der Waals surface area contributed by atoms with E-state index in [4.69, 9.17) is 9.57 Å². The van der Waals surface area contributed by atoms with Gasteiger partial charge in [0.05, 0.1) is 13.3 Å². The van der Waals surface area contributed by atoms with Crippen LogP contribution in [0.2, 0.25) is 0 Å². The highest BCUT2D eigenvalue weighted by Crippen LogP contribution is 2.14. The summed E-state index contributed by atoms with van der Waals surface area (Å²) in [6.07, 6.45) is 2.58. The van der Waals surface area contributed by atoms with Crippen LogP contribution < -0.4 is 10.1 Å². The lowest BCUT2D eigenvalue weighted by Gasteiger charge is -2.05. The Morgan fingerprint density at radius 2 is 1.83 bits per heavy atom. The molecule has 2 aromatic rings. The van der Waals surface area contributed by atoms with Gasteiger partial charge in [0.2, 0.25) is 0 Å². The first-order valence-electron chi connectivity index (χ1n) is 7.39. The second kappa shape index (κ2) is 8.58. The highest BCUT2D eigenvalue weighted by atomic mass is 16.6. The Kier molecular flexibility index (Phi) is 6.17. The molecule has 0 unspecified atom stereocenters. The molecular weight excluding hydrogens is 292 g/mol. The lowest BCUT2D eigenvalue weighted by molar-refractivity contribution is -0.120. The van der Waals surface area contributed by atoms with Crippen LogP contribution in [-0.4, -0.2) is 25.8 Å². The van der Waals surface area contributed by atoms with Crippen molar-refractivity contribution in [2.45, 2.75) is 13.3 Å². The fourth-order valence-corrected chi connectivity index (χ4v) is 1.90. The number of ether oxygens (including phenoxy) is 1. The van der Waals surface area contributed by atoms with Crippen LogP contribution in [0.4, 0.5) is 5.69 Å². The van der Waals surface area contributed by atoms with Crippen molar-refractivity contribution in [3.63, 3.8) is 0 Å². The van der Waals surface area contributed by atoms with Crippen molar-refractivity contribution in [3.05, 3.63) is 59.7 Å².